The van der Waals surface area contributed by atoms with Crippen molar-refractivity contribution in [3.05, 3.63) is 35.1 Å². The topological polar surface area (TPSA) is 49.3 Å². The van der Waals surface area contributed by atoms with E-state index >= 15 is 0 Å². The molecule has 0 fully saturated rings. The minimum absolute atomic E-state index is 0.0315. The number of carbonyl (C=O) groups is 1. The normalized spacial score (nSPS) is 12.6. The molecule has 0 saturated heterocycles. The van der Waals surface area contributed by atoms with Crippen LogP contribution in [0.25, 0.3) is 0 Å². The number of aliphatic hydroxyl groups excluding tert-OH is 1. The highest BCUT2D eigenvalue weighted by atomic mass is 19.3. The summed E-state index contributed by atoms with van der Waals surface area (Å²) in [5, 5.41) is 10.9. The highest BCUT2D eigenvalue weighted by molar-refractivity contribution is 5.94. The molecule has 1 amide bonds. The maximum Gasteiger partial charge on any atom is 0.265 e. The number of rotatable bonds is 4. The Balaban J connectivity index is 2.64. The average Bonchev–Trinajstić information content (AvgIpc) is 2.23. The largest absolute Gasteiger partial charge is 0.385 e. The quantitative estimate of drug-likeness (QED) is 0.846. The van der Waals surface area contributed by atoms with E-state index in [1.807, 2.05) is 0 Å². The van der Waals surface area contributed by atoms with Gasteiger partial charge in [0.25, 0.3) is 12.3 Å². The Kier molecular flexibility index (Phi) is 4.51. The molecule has 0 saturated carbocycles. The van der Waals surface area contributed by atoms with Crippen LogP contribution in [0.3, 0.4) is 0 Å². The summed E-state index contributed by atoms with van der Waals surface area (Å²) in [4.78, 5) is 11.4. The number of hydrogen-bond donors (Lipinski definition) is 2. The van der Waals surface area contributed by atoms with Crippen molar-refractivity contribution >= 4 is 5.91 Å². The first-order valence-corrected chi connectivity index (χ1v) is 4.91. The summed E-state index contributed by atoms with van der Waals surface area (Å²) in [6, 6.07) is 3.66. The third-order valence-electron chi connectivity index (χ3n) is 2.07. The molecule has 3 nitrogen and oxygen atoms in total. The zero-order valence-corrected chi connectivity index (χ0v) is 9.08. The van der Waals surface area contributed by atoms with Gasteiger partial charge in [0.1, 0.15) is 11.9 Å². The molecule has 1 aromatic carbocycles. The van der Waals surface area contributed by atoms with Gasteiger partial charge in [0.2, 0.25) is 0 Å². The van der Waals surface area contributed by atoms with Crippen molar-refractivity contribution in [1.82, 2.24) is 5.32 Å². The van der Waals surface area contributed by atoms with E-state index in [2.05, 4.69) is 5.32 Å². The maximum absolute atomic E-state index is 13.0. The molecular formula is C11H12F3NO2. The number of aryl methyl sites for hydroxylation is 1. The van der Waals surface area contributed by atoms with Crippen molar-refractivity contribution in [3.8, 4) is 0 Å². The summed E-state index contributed by atoms with van der Waals surface area (Å²) in [5.41, 5.74) is 0.577. The van der Waals surface area contributed by atoms with E-state index in [9.17, 15) is 18.0 Å². The number of carbonyl (C=O) groups excluding carboxylic acids is 1. The summed E-state index contributed by atoms with van der Waals surface area (Å²) in [5.74, 6) is -1.28. The standard InChI is InChI=1S/C11H12F3NO2/c1-6-2-7(4-8(12)3-6)11(17)15-5-9(16)10(13)14/h2-4,9-10,16H,5H2,1H3,(H,15,17). The molecule has 0 heterocycles. The lowest BCUT2D eigenvalue weighted by Gasteiger charge is -2.11. The Morgan fingerprint density at radius 2 is 2.06 bits per heavy atom. The molecule has 1 rings (SSSR count). The van der Waals surface area contributed by atoms with Crippen molar-refractivity contribution in [2.75, 3.05) is 6.54 Å². The first-order valence-electron chi connectivity index (χ1n) is 4.91. The zero-order chi connectivity index (χ0) is 13.0. The van der Waals surface area contributed by atoms with Crippen molar-refractivity contribution in [2.24, 2.45) is 0 Å². The van der Waals surface area contributed by atoms with Gasteiger partial charge in [-0.2, -0.15) is 0 Å². The van der Waals surface area contributed by atoms with Crippen LogP contribution in [-0.4, -0.2) is 30.1 Å². The smallest absolute Gasteiger partial charge is 0.265 e. The molecular weight excluding hydrogens is 235 g/mol. The molecule has 0 radical (unpaired) electrons. The SMILES string of the molecule is Cc1cc(F)cc(C(=O)NCC(O)C(F)F)c1. The minimum Gasteiger partial charge on any atom is -0.385 e. The fourth-order valence-electron chi connectivity index (χ4n) is 1.26. The molecule has 0 aliphatic carbocycles. The third kappa shape index (κ3) is 4.07. The molecule has 1 atom stereocenters. The van der Waals surface area contributed by atoms with Crippen molar-refractivity contribution in [2.45, 2.75) is 19.5 Å². The second-order valence-electron chi connectivity index (χ2n) is 3.63. The molecule has 0 aliphatic heterocycles. The van der Waals surface area contributed by atoms with Gasteiger partial charge in [0, 0.05) is 12.1 Å². The molecule has 2 N–H and O–H groups in total. The van der Waals surface area contributed by atoms with E-state index in [1.54, 1.807) is 6.92 Å². The fourth-order valence-corrected chi connectivity index (χ4v) is 1.26. The van der Waals surface area contributed by atoms with Crippen LogP contribution in [0, 0.1) is 12.7 Å². The molecule has 1 aromatic rings. The fraction of sp³-hybridized carbons (Fsp3) is 0.364. The van der Waals surface area contributed by atoms with E-state index in [4.69, 9.17) is 5.11 Å². The zero-order valence-electron chi connectivity index (χ0n) is 9.08. The summed E-state index contributed by atoms with van der Waals surface area (Å²) in [6.07, 6.45) is -4.85. The monoisotopic (exact) mass is 247 g/mol. The first-order chi connectivity index (χ1) is 7.90. The number of nitrogens with one attached hydrogen (secondary N) is 1. The van der Waals surface area contributed by atoms with Gasteiger partial charge in [-0.15, -0.1) is 0 Å². The second-order valence-corrected chi connectivity index (χ2v) is 3.63. The van der Waals surface area contributed by atoms with Crippen LogP contribution in [0.2, 0.25) is 0 Å². The van der Waals surface area contributed by atoms with Crippen LogP contribution in [0.4, 0.5) is 13.2 Å². The molecule has 17 heavy (non-hydrogen) atoms. The molecule has 0 aliphatic rings. The van der Waals surface area contributed by atoms with Crippen molar-refractivity contribution in [3.63, 3.8) is 0 Å². The summed E-state index contributed by atoms with van der Waals surface area (Å²) < 4.78 is 36.9. The summed E-state index contributed by atoms with van der Waals surface area (Å²) in [6.45, 7) is 1.03. The highest BCUT2D eigenvalue weighted by Crippen LogP contribution is 2.08. The molecule has 6 heteroatoms. The predicted molar refractivity (Wildman–Crippen MR) is 55.5 cm³/mol. The summed E-state index contributed by atoms with van der Waals surface area (Å²) >= 11 is 0. The molecule has 94 valence electrons. The Morgan fingerprint density at radius 3 is 2.59 bits per heavy atom. The van der Waals surface area contributed by atoms with Crippen LogP contribution in [0.5, 0.6) is 0 Å². The van der Waals surface area contributed by atoms with Crippen LogP contribution in [0.1, 0.15) is 15.9 Å². The van der Waals surface area contributed by atoms with Crippen LogP contribution in [-0.2, 0) is 0 Å². The lowest BCUT2D eigenvalue weighted by molar-refractivity contribution is -0.00270. The van der Waals surface area contributed by atoms with Gasteiger partial charge < -0.3 is 10.4 Å². The minimum atomic E-state index is -2.93. The molecule has 0 aromatic heterocycles. The Labute approximate surface area is 96.3 Å². The average molecular weight is 247 g/mol. The Bertz CT molecular complexity index is 389. The van der Waals surface area contributed by atoms with Gasteiger partial charge in [0.05, 0.1) is 0 Å². The number of benzene rings is 1. The molecule has 0 spiro atoms. The van der Waals surface area contributed by atoms with Crippen LogP contribution < -0.4 is 5.32 Å². The van der Waals surface area contributed by atoms with Gasteiger partial charge >= 0.3 is 0 Å². The molecule has 1 unspecified atom stereocenters. The third-order valence-corrected chi connectivity index (χ3v) is 2.07. The van der Waals surface area contributed by atoms with Crippen LogP contribution >= 0.6 is 0 Å². The lowest BCUT2D eigenvalue weighted by atomic mass is 10.1. The maximum atomic E-state index is 13.0. The second kappa shape index (κ2) is 5.67. The lowest BCUT2D eigenvalue weighted by Crippen LogP contribution is -2.35. The number of hydrogen-bond acceptors (Lipinski definition) is 2. The van der Waals surface area contributed by atoms with Gasteiger partial charge in [-0.25, -0.2) is 13.2 Å². The van der Waals surface area contributed by atoms with Crippen molar-refractivity contribution < 1.29 is 23.1 Å². The van der Waals surface area contributed by atoms with E-state index in [1.165, 1.54) is 12.1 Å². The van der Waals surface area contributed by atoms with Gasteiger partial charge in [-0.05, 0) is 30.7 Å². The Morgan fingerprint density at radius 1 is 1.41 bits per heavy atom. The van der Waals surface area contributed by atoms with E-state index < -0.39 is 30.8 Å². The number of amides is 1. The number of halogens is 3. The van der Waals surface area contributed by atoms with Gasteiger partial charge in [0.15, 0.2) is 0 Å². The van der Waals surface area contributed by atoms with Crippen LogP contribution in [0.15, 0.2) is 18.2 Å². The molecule has 0 bridgehead atoms. The van der Waals surface area contributed by atoms with Gasteiger partial charge in [-0.1, -0.05) is 0 Å². The highest BCUT2D eigenvalue weighted by Gasteiger charge is 2.18. The van der Waals surface area contributed by atoms with E-state index in [-0.39, 0.29) is 5.56 Å². The number of alkyl halides is 2. The number of aliphatic hydroxyl groups is 1. The van der Waals surface area contributed by atoms with Gasteiger partial charge in [-0.3, -0.25) is 4.79 Å². The Hall–Kier alpha value is -1.56. The van der Waals surface area contributed by atoms with E-state index in [0.717, 1.165) is 6.07 Å². The summed E-state index contributed by atoms with van der Waals surface area (Å²) in [7, 11) is 0. The predicted octanol–water partition coefficient (Wildman–Crippen LogP) is 1.49. The van der Waals surface area contributed by atoms with E-state index in [0.29, 0.717) is 5.56 Å². The van der Waals surface area contributed by atoms with Crippen molar-refractivity contribution in [1.29, 1.82) is 0 Å². The first kappa shape index (κ1) is 13.5.